The van der Waals surface area contributed by atoms with Gasteiger partial charge >= 0.3 is 0 Å². The Kier molecular flexibility index (Phi) is 6.27. The monoisotopic (exact) mass is 376 g/mol. The van der Waals surface area contributed by atoms with Gasteiger partial charge in [0.15, 0.2) is 0 Å². The highest BCUT2D eigenvalue weighted by Crippen LogP contribution is 2.26. The lowest BCUT2D eigenvalue weighted by Gasteiger charge is -2.14. The second kappa shape index (κ2) is 9.04. The van der Waals surface area contributed by atoms with Crippen molar-refractivity contribution in [2.24, 2.45) is 0 Å². The number of pyridine rings is 1. The van der Waals surface area contributed by atoms with Crippen molar-refractivity contribution in [3.8, 4) is 11.5 Å². The summed E-state index contributed by atoms with van der Waals surface area (Å²) >= 11 is 0. The molecule has 5 nitrogen and oxygen atoms in total. The molecular weight excluding hydrogens is 352 g/mol. The summed E-state index contributed by atoms with van der Waals surface area (Å²) in [6.45, 7) is 4.78. The largest absolute Gasteiger partial charge is 0.497 e. The molecule has 3 aromatic rings. The van der Waals surface area contributed by atoms with E-state index in [4.69, 9.17) is 9.47 Å². The number of hydrogen-bond acceptors (Lipinski definition) is 4. The fourth-order valence-corrected chi connectivity index (χ4v) is 3.01. The smallest absolute Gasteiger partial charge is 0.251 e. The van der Waals surface area contributed by atoms with Crippen molar-refractivity contribution in [2.75, 3.05) is 7.11 Å². The molecule has 3 rings (SSSR count). The Morgan fingerprint density at radius 3 is 2.46 bits per heavy atom. The molecule has 0 fully saturated rings. The van der Waals surface area contributed by atoms with Crippen LogP contribution in [0.4, 0.5) is 0 Å². The highest BCUT2D eigenvalue weighted by atomic mass is 16.5. The SMILES string of the molecule is COc1cccc(CNC(=O)c2cc(C)c(OCc3cccnc3)c(C)c2)c1. The van der Waals surface area contributed by atoms with E-state index >= 15 is 0 Å². The fourth-order valence-electron chi connectivity index (χ4n) is 3.01. The molecule has 1 N–H and O–H groups in total. The van der Waals surface area contributed by atoms with E-state index in [0.29, 0.717) is 18.7 Å². The number of rotatable bonds is 7. The number of carbonyl (C=O) groups excluding carboxylic acids is 1. The second-order valence-electron chi connectivity index (χ2n) is 6.62. The number of amides is 1. The summed E-state index contributed by atoms with van der Waals surface area (Å²) in [4.78, 5) is 16.7. The summed E-state index contributed by atoms with van der Waals surface area (Å²) in [5, 5.41) is 2.95. The molecule has 28 heavy (non-hydrogen) atoms. The minimum Gasteiger partial charge on any atom is -0.497 e. The number of nitrogens with zero attached hydrogens (tertiary/aromatic N) is 1. The molecule has 144 valence electrons. The lowest BCUT2D eigenvalue weighted by atomic mass is 10.0. The van der Waals surface area contributed by atoms with E-state index in [9.17, 15) is 4.79 Å². The van der Waals surface area contributed by atoms with Gasteiger partial charge < -0.3 is 14.8 Å². The van der Waals surface area contributed by atoms with Gasteiger partial charge in [0.25, 0.3) is 5.91 Å². The number of nitrogens with one attached hydrogen (secondary N) is 1. The number of carbonyl (C=O) groups is 1. The van der Waals surface area contributed by atoms with Gasteiger partial charge in [-0.05, 0) is 60.9 Å². The van der Waals surface area contributed by atoms with Crippen molar-refractivity contribution in [2.45, 2.75) is 27.0 Å². The number of aryl methyl sites for hydroxylation is 2. The summed E-state index contributed by atoms with van der Waals surface area (Å²) < 4.78 is 11.2. The molecule has 2 aromatic carbocycles. The first-order chi connectivity index (χ1) is 13.6. The van der Waals surface area contributed by atoms with Crippen LogP contribution in [0.5, 0.6) is 11.5 Å². The van der Waals surface area contributed by atoms with Crippen LogP contribution >= 0.6 is 0 Å². The Hall–Kier alpha value is -3.34. The van der Waals surface area contributed by atoms with Crippen molar-refractivity contribution < 1.29 is 14.3 Å². The first-order valence-electron chi connectivity index (χ1n) is 9.11. The standard InChI is InChI=1S/C23H24N2O3/c1-16-10-20(23(26)25-14-18-6-4-8-21(12-18)27-3)11-17(2)22(16)28-15-19-7-5-9-24-13-19/h4-13H,14-15H2,1-3H3,(H,25,26). The highest BCUT2D eigenvalue weighted by molar-refractivity contribution is 5.94. The van der Waals surface area contributed by atoms with Crippen LogP contribution in [0.3, 0.4) is 0 Å². The minimum atomic E-state index is -0.118. The fraction of sp³-hybridized carbons (Fsp3) is 0.217. The Morgan fingerprint density at radius 2 is 1.79 bits per heavy atom. The molecule has 0 atom stereocenters. The predicted octanol–water partition coefficient (Wildman–Crippen LogP) is 4.22. The maximum Gasteiger partial charge on any atom is 0.251 e. The van der Waals surface area contributed by atoms with E-state index in [1.54, 1.807) is 19.5 Å². The molecule has 0 aliphatic heterocycles. The third kappa shape index (κ3) is 4.88. The van der Waals surface area contributed by atoms with Gasteiger partial charge in [-0.25, -0.2) is 0 Å². The lowest BCUT2D eigenvalue weighted by molar-refractivity contribution is 0.0950. The van der Waals surface area contributed by atoms with Crippen LogP contribution in [0.15, 0.2) is 60.9 Å². The zero-order valence-electron chi connectivity index (χ0n) is 16.4. The van der Waals surface area contributed by atoms with Crippen LogP contribution in [-0.4, -0.2) is 18.0 Å². The van der Waals surface area contributed by atoms with Gasteiger partial charge in [0.1, 0.15) is 18.1 Å². The normalized spacial score (nSPS) is 10.4. The average molecular weight is 376 g/mol. The van der Waals surface area contributed by atoms with Crippen molar-refractivity contribution in [3.05, 3.63) is 88.7 Å². The Morgan fingerprint density at radius 1 is 1.04 bits per heavy atom. The summed E-state index contributed by atoms with van der Waals surface area (Å²) in [5.74, 6) is 1.45. The zero-order chi connectivity index (χ0) is 19.9. The van der Waals surface area contributed by atoms with Crippen molar-refractivity contribution in [3.63, 3.8) is 0 Å². The molecule has 5 heteroatoms. The van der Waals surface area contributed by atoms with Gasteiger partial charge in [-0.2, -0.15) is 0 Å². The molecule has 0 saturated carbocycles. The molecule has 0 aliphatic rings. The molecule has 0 radical (unpaired) electrons. The van der Waals surface area contributed by atoms with Gasteiger partial charge in [0.05, 0.1) is 7.11 Å². The summed E-state index contributed by atoms with van der Waals surface area (Å²) in [5.41, 5.74) is 4.46. The van der Waals surface area contributed by atoms with Gasteiger partial charge in [-0.15, -0.1) is 0 Å². The van der Waals surface area contributed by atoms with E-state index in [-0.39, 0.29) is 5.91 Å². The van der Waals surface area contributed by atoms with Gasteiger partial charge in [0, 0.05) is 30.1 Å². The molecule has 0 unspecified atom stereocenters. The number of aromatic nitrogens is 1. The Balaban J connectivity index is 1.66. The Bertz CT molecular complexity index is 932. The molecule has 0 bridgehead atoms. The first-order valence-corrected chi connectivity index (χ1v) is 9.11. The molecular formula is C23H24N2O3. The van der Waals surface area contributed by atoms with E-state index in [1.807, 2.05) is 62.4 Å². The van der Waals surface area contributed by atoms with E-state index in [2.05, 4.69) is 10.3 Å². The average Bonchev–Trinajstić information content (AvgIpc) is 2.72. The molecule has 1 aromatic heterocycles. The molecule has 0 spiro atoms. The van der Waals surface area contributed by atoms with Crippen molar-refractivity contribution in [1.29, 1.82) is 0 Å². The van der Waals surface area contributed by atoms with Crippen LogP contribution in [0.2, 0.25) is 0 Å². The molecule has 1 heterocycles. The third-order valence-electron chi connectivity index (χ3n) is 4.42. The van der Waals surface area contributed by atoms with E-state index < -0.39 is 0 Å². The maximum atomic E-state index is 12.6. The third-order valence-corrected chi connectivity index (χ3v) is 4.42. The van der Waals surface area contributed by atoms with Crippen LogP contribution < -0.4 is 14.8 Å². The highest BCUT2D eigenvalue weighted by Gasteiger charge is 2.12. The number of methoxy groups -OCH3 is 1. The van der Waals surface area contributed by atoms with Crippen LogP contribution in [0.1, 0.15) is 32.6 Å². The predicted molar refractivity (Wildman–Crippen MR) is 109 cm³/mol. The number of benzene rings is 2. The van der Waals surface area contributed by atoms with Crippen molar-refractivity contribution >= 4 is 5.91 Å². The van der Waals surface area contributed by atoms with E-state index in [0.717, 1.165) is 33.8 Å². The molecule has 1 amide bonds. The van der Waals surface area contributed by atoms with Crippen LogP contribution in [-0.2, 0) is 13.2 Å². The van der Waals surface area contributed by atoms with Gasteiger partial charge in [0.2, 0.25) is 0 Å². The second-order valence-corrected chi connectivity index (χ2v) is 6.62. The van der Waals surface area contributed by atoms with Gasteiger partial charge in [-0.1, -0.05) is 18.2 Å². The van der Waals surface area contributed by atoms with E-state index in [1.165, 1.54) is 0 Å². The van der Waals surface area contributed by atoms with Crippen LogP contribution in [0, 0.1) is 13.8 Å². The summed E-state index contributed by atoms with van der Waals surface area (Å²) in [6, 6.07) is 15.2. The topological polar surface area (TPSA) is 60.5 Å². The number of ether oxygens (including phenoxy) is 2. The Labute approximate surface area is 165 Å². The number of hydrogen-bond donors (Lipinski definition) is 1. The maximum absolute atomic E-state index is 12.6. The minimum absolute atomic E-state index is 0.118. The molecule has 0 saturated heterocycles. The first kappa shape index (κ1) is 19.4. The summed E-state index contributed by atoms with van der Waals surface area (Å²) in [7, 11) is 1.63. The lowest BCUT2D eigenvalue weighted by Crippen LogP contribution is -2.23. The van der Waals surface area contributed by atoms with Crippen molar-refractivity contribution in [1.82, 2.24) is 10.3 Å². The molecule has 0 aliphatic carbocycles. The van der Waals surface area contributed by atoms with Gasteiger partial charge in [-0.3, -0.25) is 9.78 Å². The quantitative estimate of drug-likeness (QED) is 0.671. The zero-order valence-corrected chi connectivity index (χ0v) is 16.4. The summed E-state index contributed by atoms with van der Waals surface area (Å²) in [6.07, 6.45) is 3.52. The van der Waals surface area contributed by atoms with Crippen LogP contribution in [0.25, 0.3) is 0 Å².